The molecule has 0 spiro atoms. The Morgan fingerprint density at radius 1 is 1.35 bits per heavy atom. The van der Waals surface area contributed by atoms with E-state index in [0.29, 0.717) is 11.8 Å². The second kappa shape index (κ2) is 5.52. The lowest BCUT2D eigenvalue weighted by Crippen LogP contribution is -2.44. The molecule has 0 radical (unpaired) electrons. The Morgan fingerprint density at radius 2 is 2.12 bits per heavy atom. The fraction of sp³-hybridized carbons (Fsp3) is 0.571. The molecule has 3 heteroatoms. The van der Waals surface area contributed by atoms with Crippen molar-refractivity contribution in [2.24, 2.45) is 0 Å². The van der Waals surface area contributed by atoms with Gasteiger partial charge in [-0.25, -0.2) is 0 Å². The monoisotopic (exact) mass is 234 g/mol. The Bertz CT molecular complexity index is 374. The molecule has 1 aliphatic rings. The summed E-state index contributed by atoms with van der Waals surface area (Å²) in [5, 5.41) is 13.3. The number of nitrogens with one attached hydrogen (secondary N) is 1. The average Bonchev–Trinajstić information content (AvgIpc) is 2.36. The highest BCUT2D eigenvalue weighted by molar-refractivity contribution is 5.41. The van der Waals surface area contributed by atoms with Crippen molar-refractivity contribution in [2.75, 3.05) is 19.6 Å². The number of phenols is 1. The van der Waals surface area contributed by atoms with Gasteiger partial charge >= 0.3 is 0 Å². The Balaban J connectivity index is 2.03. The van der Waals surface area contributed by atoms with E-state index in [-0.39, 0.29) is 0 Å². The lowest BCUT2D eigenvalue weighted by atomic mass is 9.95. The van der Waals surface area contributed by atoms with Crippen LogP contribution in [0.15, 0.2) is 18.2 Å². The molecule has 1 unspecified atom stereocenters. The number of hydrogen-bond donors (Lipinski definition) is 2. The summed E-state index contributed by atoms with van der Waals surface area (Å²) in [4.78, 5) is 2.44. The molecule has 94 valence electrons. The number of benzene rings is 1. The highest BCUT2D eigenvalue weighted by Crippen LogP contribution is 2.25. The molecule has 0 saturated heterocycles. The number of likely N-dealkylation sites (N-methyl/N-ethyl adjacent to an activating group) is 1. The maximum Gasteiger partial charge on any atom is 0.120 e. The van der Waals surface area contributed by atoms with E-state index in [1.54, 1.807) is 6.07 Å². The van der Waals surface area contributed by atoms with Crippen LogP contribution in [0.1, 0.15) is 25.0 Å². The summed E-state index contributed by atoms with van der Waals surface area (Å²) in [6.45, 7) is 8.47. The van der Waals surface area contributed by atoms with Crippen LogP contribution >= 0.6 is 0 Å². The van der Waals surface area contributed by atoms with Crippen molar-refractivity contribution >= 4 is 0 Å². The lowest BCUT2D eigenvalue weighted by molar-refractivity contribution is 0.257. The third-order valence-electron chi connectivity index (χ3n) is 3.66. The van der Waals surface area contributed by atoms with Gasteiger partial charge in [0.15, 0.2) is 0 Å². The van der Waals surface area contributed by atoms with Gasteiger partial charge < -0.3 is 15.3 Å². The second-order valence-electron chi connectivity index (χ2n) is 4.68. The zero-order valence-corrected chi connectivity index (χ0v) is 10.7. The summed E-state index contributed by atoms with van der Waals surface area (Å²) < 4.78 is 0. The highest BCUT2D eigenvalue weighted by Gasteiger charge is 2.21. The molecule has 0 aliphatic carbocycles. The summed E-state index contributed by atoms with van der Waals surface area (Å²) in [5.41, 5.74) is 2.37. The van der Waals surface area contributed by atoms with Crippen LogP contribution in [0.5, 0.6) is 5.75 Å². The molecule has 1 aliphatic heterocycles. The standard InChI is InChI=1S/C14H22N2O/c1-3-16(4-2)10-12-8-11-6-5-7-14(17)13(11)9-15-12/h5-7,12,15,17H,3-4,8-10H2,1-2H3. The van der Waals surface area contributed by atoms with Gasteiger partial charge in [-0.1, -0.05) is 26.0 Å². The maximum atomic E-state index is 9.77. The molecule has 1 aromatic rings. The van der Waals surface area contributed by atoms with E-state index < -0.39 is 0 Å². The van der Waals surface area contributed by atoms with Crippen molar-refractivity contribution in [3.8, 4) is 5.75 Å². The first-order valence-electron chi connectivity index (χ1n) is 6.50. The minimum absolute atomic E-state index is 0.427. The Morgan fingerprint density at radius 3 is 2.82 bits per heavy atom. The summed E-state index contributed by atoms with van der Waals surface area (Å²) in [6.07, 6.45) is 1.01. The molecular weight excluding hydrogens is 212 g/mol. The molecule has 0 amide bonds. The summed E-state index contributed by atoms with van der Waals surface area (Å²) >= 11 is 0. The van der Waals surface area contributed by atoms with Crippen molar-refractivity contribution in [3.05, 3.63) is 29.3 Å². The second-order valence-corrected chi connectivity index (χ2v) is 4.68. The van der Waals surface area contributed by atoms with Crippen LogP contribution in [0.25, 0.3) is 0 Å². The van der Waals surface area contributed by atoms with Gasteiger partial charge in [0.05, 0.1) is 0 Å². The minimum atomic E-state index is 0.427. The molecule has 3 nitrogen and oxygen atoms in total. The molecule has 0 aromatic heterocycles. The molecular formula is C14H22N2O. The number of nitrogens with zero attached hydrogens (tertiary/aromatic N) is 1. The zero-order chi connectivity index (χ0) is 12.3. The van der Waals surface area contributed by atoms with E-state index in [1.165, 1.54) is 5.56 Å². The van der Waals surface area contributed by atoms with Crippen LogP contribution in [-0.4, -0.2) is 35.7 Å². The Hall–Kier alpha value is -1.06. The largest absolute Gasteiger partial charge is 0.508 e. The number of rotatable bonds is 4. The first-order valence-corrected chi connectivity index (χ1v) is 6.50. The fourth-order valence-corrected chi connectivity index (χ4v) is 2.52. The average molecular weight is 234 g/mol. The topological polar surface area (TPSA) is 35.5 Å². The predicted octanol–water partition coefficient (Wildman–Crippen LogP) is 1.75. The van der Waals surface area contributed by atoms with Gasteiger partial charge in [0.25, 0.3) is 0 Å². The zero-order valence-electron chi connectivity index (χ0n) is 10.7. The van der Waals surface area contributed by atoms with Gasteiger partial charge in [-0.3, -0.25) is 0 Å². The molecule has 0 bridgehead atoms. The Kier molecular flexibility index (Phi) is 4.02. The van der Waals surface area contributed by atoms with E-state index in [1.807, 2.05) is 6.07 Å². The first kappa shape index (κ1) is 12.4. The van der Waals surface area contributed by atoms with E-state index in [4.69, 9.17) is 0 Å². The van der Waals surface area contributed by atoms with Gasteiger partial charge in [0.2, 0.25) is 0 Å². The SMILES string of the molecule is CCN(CC)CC1Cc2cccc(O)c2CN1. The van der Waals surface area contributed by atoms with Gasteiger partial charge in [-0.15, -0.1) is 0 Å². The van der Waals surface area contributed by atoms with E-state index in [9.17, 15) is 5.11 Å². The molecule has 17 heavy (non-hydrogen) atoms. The molecule has 1 heterocycles. The van der Waals surface area contributed by atoms with Crippen molar-refractivity contribution in [1.29, 1.82) is 0 Å². The molecule has 1 aromatic carbocycles. The third kappa shape index (κ3) is 2.79. The van der Waals surface area contributed by atoms with Crippen LogP contribution in [0.4, 0.5) is 0 Å². The minimum Gasteiger partial charge on any atom is -0.508 e. The lowest BCUT2D eigenvalue weighted by Gasteiger charge is -2.30. The first-order chi connectivity index (χ1) is 8.24. The van der Waals surface area contributed by atoms with Gasteiger partial charge in [-0.05, 0) is 31.1 Å². The van der Waals surface area contributed by atoms with E-state index in [0.717, 1.165) is 38.2 Å². The Labute approximate surface area is 103 Å². The van der Waals surface area contributed by atoms with Crippen molar-refractivity contribution in [3.63, 3.8) is 0 Å². The summed E-state index contributed by atoms with van der Waals surface area (Å²) in [6, 6.07) is 6.34. The van der Waals surface area contributed by atoms with Crippen LogP contribution in [0.3, 0.4) is 0 Å². The van der Waals surface area contributed by atoms with Crippen molar-refractivity contribution in [2.45, 2.75) is 32.9 Å². The molecule has 2 N–H and O–H groups in total. The number of aromatic hydroxyl groups is 1. The van der Waals surface area contributed by atoms with Gasteiger partial charge in [0, 0.05) is 24.7 Å². The van der Waals surface area contributed by atoms with E-state index in [2.05, 4.69) is 30.1 Å². The highest BCUT2D eigenvalue weighted by atomic mass is 16.3. The fourth-order valence-electron chi connectivity index (χ4n) is 2.52. The molecule has 2 rings (SSSR count). The van der Waals surface area contributed by atoms with Crippen LogP contribution in [0, 0.1) is 0 Å². The predicted molar refractivity (Wildman–Crippen MR) is 70.2 cm³/mol. The van der Waals surface area contributed by atoms with Crippen LogP contribution < -0.4 is 5.32 Å². The van der Waals surface area contributed by atoms with E-state index >= 15 is 0 Å². The molecule has 0 saturated carbocycles. The summed E-state index contributed by atoms with van der Waals surface area (Å²) in [7, 11) is 0. The summed E-state index contributed by atoms with van der Waals surface area (Å²) in [5.74, 6) is 0.427. The van der Waals surface area contributed by atoms with Crippen LogP contribution in [-0.2, 0) is 13.0 Å². The van der Waals surface area contributed by atoms with Gasteiger partial charge in [-0.2, -0.15) is 0 Å². The van der Waals surface area contributed by atoms with Crippen molar-refractivity contribution in [1.82, 2.24) is 10.2 Å². The number of phenolic OH excluding ortho intramolecular Hbond substituents is 1. The molecule has 1 atom stereocenters. The normalized spacial score (nSPS) is 19.4. The third-order valence-corrected chi connectivity index (χ3v) is 3.66. The van der Waals surface area contributed by atoms with Crippen molar-refractivity contribution < 1.29 is 5.11 Å². The maximum absolute atomic E-state index is 9.77. The number of fused-ring (bicyclic) bond motifs is 1. The van der Waals surface area contributed by atoms with Crippen LogP contribution in [0.2, 0.25) is 0 Å². The number of hydrogen-bond acceptors (Lipinski definition) is 3. The van der Waals surface area contributed by atoms with Gasteiger partial charge in [0.1, 0.15) is 5.75 Å². The smallest absolute Gasteiger partial charge is 0.120 e. The quantitative estimate of drug-likeness (QED) is 0.833. The molecule has 0 fully saturated rings.